The third-order valence-electron chi connectivity index (χ3n) is 1.75. The summed E-state index contributed by atoms with van der Waals surface area (Å²) < 4.78 is 4.89. The molecule has 14 heavy (non-hydrogen) atoms. The number of aromatic nitrogens is 2. The number of carboxylic acids is 1. The van der Waals surface area contributed by atoms with Crippen LogP contribution in [0.25, 0.3) is 10.6 Å². The van der Waals surface area contributed by atoms with E-state index < -0.39 is 5.97 Å². The molecule has 0 unspecified atom stereocenters. The molecule has 0 aliphatic heterocycles. The first-order valence-electron chi connectivity index (χ1n) is 3.78. The van der Waals surface area contributed by atoms with Gasteiger partial charge in [0, 0.05) is 0 Å². The van der Waals surface area contributed by atoms with Crippen molar-refractivity contribution in [3.8, 4) is 10.6 Å². The van der Waals surface area contributed by atoms with E-state index in [4.69, 9.17) is 9.63 Å². The standard InChI is InChI=1S/C8H6N2O3S/c1-4-7(14-3-9-4)6-5(8(11)12)2-10-13-6/h2-3H,1H3,(H,11,12). The lowest BCUT2D eigenvalue weighted by atomic mass is 10.2. The Bertz CT molecular complexity index is 474. The fraction of sp³-hybridized carbons (Fsp3) is 0.125. The van der Waals surface area contributed by atoms with Crippen LogP contribution in [0.5, 0.6) is 0 Å². The van der Waals surface area contributed by atoms with E-state index in [0.29, 0.717) is 4.88 Å². The minimum absolute atomic E-state index is 0.0670. The average molecular weight is 210 g/mol. The van der Waals surface area contributed by atoms with Gasteiger partial charge in [0.1, 0.15) is 5.56 Å². The molecule has 0 atom stereocenters. The highest BCUT2D eigenvalue weighted by Crippen LogP contribution is 2.29. The van der Waals surface area contributed by atoms with Crippen molar-refractivity contribution in [3.63, 3.8) is 0 Å². The Labute approximate surface area is 83.0 Å². The second-order valence-electron chi connectivity index (χ2n) is 2.64. The molecule has 0 radical (unpaired) electrons. The largest absolute Gasteiger partial charge is 0.477 e. The Morgan fingerprint density at radius 1 is 1.64 bits per heavy atom. The summed E-state index contributed by atoms with van der Waals surface area (Å²) in [6.07, 6.45) is 1.19. The first-order chi connectivity index (χ1) is 6.70. The van der Waals surface area contributed by atoms with E-state index in [1.165, 1.54) is 17.5 Å². The Morgan fingerprint density at radius 3 is 3.00 bits per heavy atom. The molecule has 72 valence electrons. The molecule has 0 saturated carbocycles. The molecular formula is C8H6N2O3S. The molecule has 2 aromatic heterocycles. The van der Waals surface area contributed by atoms with Crippen LogP contribution in [0.1, 0.15) is 16.1 Å². The predicted octanol–water partition coefficient (Wildman–Crippen LogP) is 1.80. The maximum Gasteiger partial charge on any atom is 0.341 e. The van der Waals surface area contributed by atoms with E-state index in [1.807, 2.05) is 0 Å². The van der Waals surface area contributed by atoms with Crippen molar-refractivity contribution in [3.05, 3.63) is 23.0 Å². The molecule has 2 heterocycles. The van der Waals surface area contributed by atoms with Crippen LogP contribution >= 0.6 is 11.3 Å². The SMILES string of the molecule is Cc1ncsc1-c1oncc1C(=O)O. The zero-order chi connectivity index (χ0) is 10.1. The van der Waals surface area contributed by atoms with E-state index >= 15 is 0 Å². The van der Waals surface area contributed by atoms with Crippen molar-refractivity contribution in [1.29, 1.82) is 0 Å². The van der Waals surface area contributed by atoms with Crippen LogP contribution in [0.2, 0.25) is 0 Å². The van der Waals surface area contributed by atoms with E-state index in [0.717, 1.165) is 5.69 Å². The van der Waals surface area contributed by atoms with Gasteiger partial charge in [-0.15, -0.1) is 11.3 Å². The Morgan fingerprint density at radius 2 is 2.43 bits per heavy atom. The van der Waals surface area contributed by atoms with Crippen LogP contribution in [-0.2, 0) is 0 Å². The Kier molecular flexibility index (Phi) is 2.05. The van der Waals surface area contributed by atoms with Gasteiger partial charge >= 0.3 is 5.97 Å². The van der Waals surface area contributed by atoms with Crippen molar-refractivity contribution in [2.24, 2.45) is 0 Å². The van der Waals surface area contributed by atoms with Gasteiger partial charge < -0.3 is 9.63 Å². The zero-order valence-electron chi connectivity index (χ0n) is 7.22. The fourth-order valence-electron chi connectivity index (χ4n) is 1.08. The number of rotatable bonds is 2. The molecule has 5 nitrogen and oxygen atoms in total. The van der Waals surface area contributed by atoms with Crippen molar-refractivity contribution in [2.45, 2.75) is 6.92 Å². The first-order valence-corrected chi connectivity index (χ1v) is 4.66. The lowest BCUT2D eigenvalue weighted by Gasteiger charge is -1.93. The lowest BCUT2D eigenvalue weighted by Crippen LogP contribution is -1.95. The number of thiazole rings is 1. The van der Waals surface area contributed by atoms with Crippen LogP contribution in [0, 0.1) is 6.92 Å². The summed E-state index contributed by atoms with van der Waals surface area (Å²) in [4.78, 5) is 15.5. The van der Waals surface area contributed by atoms with Gasteiger partial charge in [0.25, 0.3) is 0 Å². The molecular weight excluding hydrogens is 204 g/mol. The third-order valence-corrected chi connectivity index (χ3v) is 2.68. The molecule has 0 fully saturated rings. The predicted molar refractivity (Wildman–Crippen MR) is 49.3 cm³/mol. The first kappa shape index (κ1) is 8.89. The summed E-state index contributed by atoms with van der Waals surface area (Å²) in [5.74, 6) is -0.772. The summed E-state index contributed by atoms with van der Waals surface area (Å²) in [6, 6.07) is 0. The third kappa shape index (κ3) is 1.29. The molecule has 0 aliphatic carbocycles. The summed E-state index contributed by atoms with van der Waals surface area (Å²) in [6.45, 7) is 1.79. The molecule has 6 heteroatoms. The lowest BCUT2D eigenvalue weighted by molar-refractivity contribution is 0.0697. The van der Waals surface area contributed by atoms with Gasteiger partial charge in [0.15, 0.2) is 5.76 Å². The maximum atomic E-state index is 10.8. The minimum Gasteiger partial charge on any atom is -0.477 e. The zero-order valence-corrected chi connectivity index (χ0v) is 8.04. The fourth-order valence-corrected chi connectivity index (χ4v) is 1.87. The maximum absolute atomic E-state index is 10.8. The van der Waals surface area contributed by atoms with Gasteiger partial charge in [-0.3, -0.25) is 0 Å². The van der Waals surface area contributed by atoms with Crippen molar-refractivity contribution in [2.75, 3.05) is 0 Å². The number of hydrogen-bond acceptors (Lipinski definition) is 5. The van der Waals surface area contributed by atoms with E-state index in [-0.39, 0.29) is 11.3 Å². The van der Waals surface area contributed by atoms with Gasteiger partial charge in [-0.1, -0.05) is 5.16 Å². The highest BCUT2D eigenvalue weighted by atomic mass is 32.1. The van der Waals surface area contributed by atoms with Crippen molar-refractivity contribution < 1.29 is 14.4 Å². The normalized spacial score (nSPS) is 10.4. The Hall–Kier alpha value is -1.69. The van der Waals surface area contributed by atoms with Gasteiger partial charge in [0.2, 0.25) is 0 Å². The van der Waals surface area contributed by atoms with Crippen molar-refractivity contribution in [1.82, 2.24) is 10.1 Å². The number of hydrogen-bond donors (Lipinski definition) is 1. The molecule has 0 bridgehead atoms. The van der Waals surface area contributed by atoms with E-state index in [1.54, 1.807) is 12.4 Å². The van der Waals surface area contributed by atoms with Gasteiger partial charge in [0.05, 0.1) is 22.3 Å². The highest BCUT2D eigenvalue weighted by Gasteiger charge is 2.19. The van der Waals surface area contributed by atoms with Crippen LogP contribution < -0.4 is 0 Å². The summed E-state index contributed by atoms with van der Waals surface area (Å²) in [7, 11) is 0. The second kappa shape index (κ2) is 3.22. The topological polar surface area (TPSA) is 76.2 Å². The smallest absolute Gasteiger partial charge is 0.341 e. The van der Waals surface area contributed by atoms with Crippen LogP contribution in [0.3, 0.4) is 0 Å². The molecule has 1 N–H and O–H groups in total. The van der Waals surface area contributed by atoms with E-state index in [2.05, 4.69) is 10.1 Å². The van der Waals surface area contributed by atoms with Crippen molar-refractivity contribution >= 4 is 17.3 Å². The molecule has 0 aromatic carbocycles. The monoisotopic (exact) mass is 210 g/mol. The quantitative estimate of drug-likeness (QED) is 0.817. The molecule has 2 rings (SSSR count). The number of carbonyl (C=O) groups is 1. The number of aryl methyl sites for hydroxylation is 1. The Balaban J connectivity index is 2.57. The van der Waals surface area contributed by atoms with E-state index in [9.17, 15) is 4.79 Å². The summed E-state index contributed by atoms with van der Waals surface area (Å²) in [5, 5.41) is 12.3. The van der Waals surface area contributed by atoms with Gasteiger partial charge in [-0.25, -0.2) is 9.78 Å². The summed E-state index contributed by atoms with van der Waals surface area (Å²) >= 11 is 1.33. The van der Waals surface area contributed by atoms with Gasteiger partial charge in [-0.2, -0.15) is 0 Å². The molecule has 0 spiro atoms. The second-order valence-corrected chi connectivity index (χ2v) is 3.50. The minimum atomic E-state index is -1.05. The number of aromatic carboxylic acids is 1. The molecule has 0 saturated heterocycles. The molecule has 2 aromatic rings. The van der Waals surface area contributed by atoms with Gasteiger partial charge in [-0.05, 0) is 6.92 Å². The number of carboxylic acid groups (broad SMARTS) is 1. The van der Waals surface area contributed by atoms with Crippen LogP contribution in [0.15, 0.2) is 16.2 Å². The summed E-state index contributed by atoms with van der Waals surface area (Å²) in [5.41, 5.74) is 2.45. The molecule has 0 aliphatic rings. The van der Waals surface area contributed by atoms with Crippen LogP contribution in [0.4, 0.5) is 0 Å². The number of nitrogens with zero attached hydrogens (tertiary/aromatic N) is 2. The highest BCUT2D eigenvalue weighted by molar-refractivity contribution is 7.13. The average Bonchev–Trinajstić information content (AvgIpc) is 2.70. The van der Waals surface area contributed by atoms with Crippen LogP contribution in [-0.4, -0.2) is 21.2 Å². The molecule has 0 amide bonds.